The maximum Gasteiger partial charge on any atom is 0.279 e. The number of rotatable bonds is 8. The SMILES string of the molecule is CCOCCn1c(=NC(=O)c2cc(OC)cc(OC)c2)sc2cc([N+](=O)[O-])ccc21. The maximum atomic E-state index is 12.9. The lowest BCUT2D eigenvalue weighted by Crippen LogP contribution is -2.19. The minimum absolute atomic E-state index is 0.0175. The highest BCUT2D eigenvalue weighted by Gasteiger charge is 2.14. The summed E-state index contributed by atoms with van der Waals surface area (Å²) in [6, 6.07) is 9.40. The van der Waals surface area contributed by atoms with Crippen LogP contribution < -0.4 is 14.3 Å². The van der Waals surface area contributed by atoms with Crippen molar-refractivity contribution < 1.29 is 23.9 Å². The summed E-state index contributed by atoms with van der Waals surface area (Å²) in [6.07, 6.45) is 0. The van der Waals surface area contributed by atoms with Crippen LogP contribution in [0.4, 0.5) is 5.69 Å². The van der Waals surface area contributed by atoms with Crippen molar-refractivity contribution in [3.63, 3.8) is 0 Å². The Morgan fingerprint density at radius 1 is 1.17 bits per heavy atom. The van der Waals surface area contributed by atoms with E-state index < -0.39 is 10.8 Å². The number of aromatic nitrogens is 1. The second-order valence-corrected chi connectivity index (χ2v) is 7.17. The first kappa shape index (κ1) is 21.5. The molecule has 10 heteroatoms. The van der Waals surface area contributed by atoms with Gasteiger partial charge in [-0.25, -0.2) is 0 Å². The van der Waals surface area contributed by atoms with Gasteiger partial charge in [0.2, 0.25) is 0 Å². The van der Waals surface area contributed by atoms with Crippen molar-refractivity contribution in [2.45, 2.75) is 13.5 Å². The molecule has 0 unspecified atom stereocenters. The Kier molecular flexibility index (Phi) is 6.80. The minimum atomic E-state index is -0.474. The smallest absolute Gasteiger partial charge is 0.279 e. The average molecular weight is 431 g/mol. The van der Waals surface area contributed by atoms with E-state index in [1.165, 1.54) is 37.7 Å². The second kappa shape index (κ2) is 9.51. The Balaban J connectivity index is 2.10. The van der Waals surface area contributed by atoms with Gasteiger partial charge in [0, 0.05) is 36.9 Å². The molecule has 1 heterocycles. The van der Waals surface area contributed by atoms with Crippen LogP contribution in [0.5, 0.6) is 11.5 Å². The average Bonchev–Trinajstić information content (AvgIpc) is 3.09. The van der Waals surface area contributed by atoms with Gasteiger partial charge in [-0.2, -0.15) is 4.99 Å². The van der Waals surface area contributed by atoms with Gasteiger partial charge in [-0.3, -0.25) is 14.9 Å². The molecule has 0 fully saturated rings. The number of nitrogens with zero attached hydrogens (tertiary/aromatic N) is 3. The summed E-state index contributed by atoms with van der Waals surface area (Å²) < 4.78 is 18.4. The zero-order valence-corrected chi connectivity index (χ0v) is 17.6. The van der Waals surface area contributed by atoms with E-state index >= 15 is 0 Å². The summed E-state index contributed by atoms with van der Waals surface area (Å²) in [4.78, 5) is 28.2. The number of nitro groups is 1. The highest BCUT2D eigenvalue weighted by molar-refractivity contribution is 7.16. The lowest BCUT2D eigenvalue weighted by atomic mass is 10.2. The molecule has 0 radical (unpaired) electrons. The third kappa shape index (κ3) is 4.66. The van der Waals surface area contributed by atoms with Crippen LogP contribution in [0.3, 0.4) is 0 Å². The van der Waals surface area contributed by atoms with Gasteiger partial charge in [-0.05, 0) is 25.1 Å². The van der Waals surface area contributed by atoms with Crippen LogP contribution in [0.2, 0.25) is 0 Å². The topological polar surface area (TPSA) is 105 Å². The lowest BCUT2D eigenvalue weighted by molar-refractivity contribution is -0.384. The van der Waals surface area contributed by atoms with E-state index in [1.54, 1.807) is 24.3 Å². The molecule has 1 amide bonds. The van der Waals surface area contributed by atoms with Crippen LogP contribution in [0.25, 0.3) is 10.2 Å². The molecule has 0 aliphatic carbocycles. The molecule has 0 aliphatic heterocycles. The van der Waals surface area contributed by atoms with Crippen molar-refractivity contribution in [1.82, 2.24) is 4.57 Å². The number of methoxy groups -OCH3 is 2. The summed E-state index contributed by atoms with van der Waals surface area (Å²) >= 11 is 1.21. The first-order chi connectivity index (χ1) is 14.5. The van der Waals surface area contributed by atoms with Crippen LogP contribution in [-0.2, 0) is 11.3 Å². The summed E-state index contributed by atoms with van der Waals surface area (Å²) in [6.45, 7) is 3.33. The Labute approximate surface area is 176 Å². The van der Waals surface area contributed by atoms with Gasteiger partial charge in [0.15, 0.2) is 4.80 Å². The zero-order valence-electron chi connectivity index (χ0n) is 16.8. The molecule has 0 saturated heterocycles. The quantitative estimate of drug-likeness (QED) is 0.307. The molecule has 3 aromatic rings. The zero-order chi connectivity index (χ0) is 21.7. The molecule has 0 bridgehead atoms. The van der Waals surface area contributed by atoms with E-state index in [0.717, 1.165) is 5.52 Å². The summed E-state index contributed by atoms with van der Waals surface area (Å²) in [7, 11) is 3.00. The fourth-order valence-corrected chi connectivity index (χ4v) is 3.95. The molecule has 0 atom stereocenters. The Morgan fingerprint density at radius 2 is 1.87 bits per heavy atom. The summed E-state index contributed by atoms with van der Waals surface area (Å²) in [5.41, 5.74) is 1.04. The summed E-state index contributed by atoms with van der Waals surface area (Å²) in [5, 5.41) is 11.1. The Hall–Kier alpha value is -3.24. The van der Waals surface area contributed by atoms with E-state index in [-0.39, 0.29) is 5.69 Å². The van der Waals surface area contributed by atoms with Gasteiger partial charge >= 0.3 is 0 Å². The number of amides is 1. The largest absolute Gasteiger partial charge is 0.497 e. The number of hydrogen-bond donors (Lipinski definition) is 0. The number of nitro benzene ring substituents is 1. The van der Waals surface area contributed by atoms with E-state index in [9.17, 15) is 14.9 Å². The maximum absolute atomic E-state index is 12.9. The number of carbonyl (C=O) groups excluding carboxylic acids is 1. The standard InChI is InChI=1S/C20H21N3O6S/c1-4-29-8-7-22-17-6-5-14(23(25)26)11-18(17)30-20(22)21-19(24)13-9-15(27-2)12-16(10-13)28-3/h5-6,9-12H,4,7-8H2,1-3H3. The van der Waals surface area contributed by atoms with Crippen molar-refractivity contribution in [3.8, 4) is 11.5 Å². The molecule has 0 aliphatic rings. The van der Waals surface area contributed by atoms with Gasteiger partial charge in [-0.15, -0.1) is 0 Å². The second-order valence-electron chi connectivity index (χ2n) is 6.16. The summed E-state index contributed by atoms with van der Waals surface area (Å²) in [5.74, 6) is 0.478. The molecule has 3 rings (SSSR count). The molecule has 158 valence electrons. The van der Waals surface area contributed by atoms with E-state index in [2.05, 4.69) is 4.99 Å². The number of non-ortho nitro benzene ring substituents is 1. The highest BCUT2D eigenvalue weighted by Crippen LogP contribution is 2.25. The Bertz CT molecular complexity index is 1130. The number of hydrogen-bond acceptors (Lipinski definition) is 7. The normalized spacial score (nSPS) is 11.6. The number of carbonyl (C=O) groups is 1. The molecule has 1 aromatic heterocycles. The van der Waals surface area contributed by atoms with Crippen molar-refractivity contribution in [1.29, 1.82) is 0 Å². The number of thiazole rings is 1. The predicted molar refractivity (Wildman–Crippen MR) is 112 cm³/mol. The molecular formula is C20H21N3O6S. The van der Waals surface area contributed by atoms with Gasteiger partial charge < -0.3 is 18.8 Å². The first-order valence-electron chi connectivity index (χ1n) is 9.14. The monoisotopic (exact) mass is 431 g/mol. The Morgan fingerprint density at radius 3 is 2.47 bits per heavy atom. The highest BCUT2D eigenvalue weighted by atomic mass is 32.1. The molecule has 30 heavy (non-hydrogen) atoms. The number of benzene rings is 2. The molecule has 0 saturated carbocycles. The van der Waals surface area contributed by atoms with E-state index in [1.807, 2.05) is 11.5 Å². The fraction of sp³-hybridized carbons (Fsp3) is 0.300. The molecule has 9 nitrogen and oxygen atoms in total. The predicted octanol–water partition coefficient (Wildman–Crippen LogP) is 3.41. The van der Waals surface area contributed by atoms with Crippen LogP contribution in [0.15, 0.2) is 41.4 Å². The van der Waals surface area contributed by atoms with Gasteiger partial charge in [0.25, 0.3) is 11.6 Å². The molecule has 2 aromatic carbocycles. The van der Waals surface area contributed by atoms with E-state index in [0.29, 0.717) is 46.3 Å². The third-order valence-electron chi connectivity index (χ3n) is 4.34. The molecule has 0 spiro atoms. The van der Waals surface area contributed by atoms with Gasteiger partial charge in [0.05, 0.1) is 36.0 Å². The van der Waals surface area contributed by atoms with Crippen molar-refractivity contribution in [3.05, 3.63) is 56.9 Å². The van der Waals surface area contributed by atoms with Gasteiger partial charge in [-0.1, -0.05) is 11.3 Å². The van der Waals surface area contributed by atoms with E-state index in [4.69, 9.17) is 14.2 Å². The van der Waals surface area contributed by atoms with Crippen LogP contribution in [0, 0.1) is 10.1 Å². The van der Waals surface area contributed by atoms with Crippen molar-refractivity contribution in [2.75, 3.05) is 27.4 Å². The van der Waals surface area contributed by atoms with Crippen LogP contribution in [0.1, 0.15) is 17.3 Å². The number of ether oxygens (including phenoxy) is 3. The van der Waals surface area contributed by atoms with Crippen LogP contribution >= 0.6 is 11.3 Å². The lowest BCUT2D eigenvalue weighted by Gasteiger charge is -2.07. The third-order valence-corrected chi connectivity index (χ3v) is 5.38. The van der Waals surface area contributed by atoms with Crippen LogP contribution in [-0.4, -0.2) is 42.8 Å². The van der Waals surface area contributed by atoms with Crippen molar-refractivity contribution in [2.24, 2.45) is 4.99 Å². The first-order valence-corrected chi connectivity index (χ1v) is 9.96. The van der Waals surface area contributed by atoms with Gasteiger partial charge in [0.1, 0.15) is 11.5 Å². The molecular weight excluding hydrogens is 410 g/mol. The minimum Gasteiger partial charge on any atom is -0.497 e. The number of fused-ring (bicyclic) bond motifs is 1. The molecule has 0 N–H and O–H groups in total. The fourth-order valence-electron chi connectivity index (χ4n) is 2.86. The van der Waals surface area contributed by atoms with Crippen molar-refractivity contribution >= 4 is 33.1 Å².